The predicted molar refractivity (Wildman–Crippen MR) is 223 cm³/mol. The third kappa shape index (κ3) is 50.1. The van der Waals surface area contributed by atoms with Crippen LogP contribution in [0.2, 0.25) is 0 Å². The van der Waals surface area contributed by atoms with Gasteiger partial charge in [0.15, 0.2) is 0 Å². The van der Waals surface area contributed by atoms with Crippen LogP contribution in [0.5, 0.6) is 0 Å². The van der Waals surface area contributed by atoms with Crippen LogP contribution in [0.4, 0.5) is 0 Å². The minimum Gasteiger partial charge on any atom is -0.460 e. The molecule has 0 amide bonds. The van der Waals surface area contributed by atoms with Crippen LogP contribution in [-0.2, 0) is 61.7 Å². The second kappa shape index (κ2) is 50.2. The van der Waals surface area contributed by atoms with Crippen LogP contribution in [0.1, 0.15) is 116 Å². The van der Waals surface area contributed by atoms with Gasteiger partial charge in [0.2, 0.25) is 0 Å². The highest BCUT2D eigenvalue weighted by Crippen LogP contribution is 2.04. The van der Waals surface area contributed by atoms with E-state index in [1.54, 1.807) is 0 Å². The largest absolute Gasteiger partial charge is 0.460 e. The van der Waals surface area contributed by atoms with Gasteiger partial charge < -0.3 is 52.1 Å². The van der Waals surface area contributed by atoms with Crippen molar-refractivity contribution in [3.05, 3.63) is 25.3 Å². The average molecular weight is 819 g/mol. The molecule has 0 rings (SSSR count). The predicted octanol–water partition coefficient (Wildman–Crippen LogP) is 7.62. The molecule has 0 spiro atoms. The Kier molecular flexibility index (Phi) is 48.5. The third-order valence-electron chi connectivity index (χ3n) is 8.49. The summed E-state index contributed by atoms with van der Waals surface area (Å²) in [4.78, 5) is 21.8. The highest BCUT2D eigenvalue weighted by atomic mass is 16.6. The minimum atomic E-state index is -0.421. The smallest absolute Gasteiger partial charge is 0.330 e. The van der Waals surface area contributed by atoms with Gasteiger partial charge in [-0.25, -0.2) is 9.59 Å². The van der Waals surface area contributed by atoms with Crippen LogP contribution in [0.25, 0.3) is 0 Å². The fraction of sp³-hybridized carbons (Fsp3) is 0.864. The van der Waals surface area contributed by atoms with Crippen LogP contribution >= 0.6 is 0 Å². The van der Waals surface area contributed by atoms with Gasteiger partial charge in [0.05, 0.1) is 39.6 Å². The zero-order valence-electron chi connectivity index (χ0n) is 35.7. The van der Waals surface area contributed by atoms with Gasteiger partial charge in [0, 0.05) is 91.4 Å². The summed E-state index contributed by atoms with van der Waals surface area (Å²) in [6, 6.07) is 0. The van der Waals surface area contributed by atoms with E-state index in [4.69, 9.17) is 52.1 Å². The summed E-state index contributed by atoms with van der Waals surface area (Å²) in [6.45, 7) is 19.9. The van der Waals surface area contributed by atoms with E-state index in [1.165, 1.54) is 0 Å². The van der Waals surface area contributed by atoms with Crippen molar-refractivity contribution in [1.82, 2.24) is 0 Å². The summed E-state index contributed by atoms with van der Waals surface area (Å²) in [7, 11) is 0. The van der Waals surface area contributed by atoms with E-state index >= 15 is 0 Å². The number of unbranched alkanes of at least 4 members (excludes halogenated alkanes) is 12. The van der Waals surface area contributed by atoms with Gasteiger partial charge >= 0.3 is 11.9 Å². The van der Waals surface area contributed by atoms with E-state index < -0.39 is 11.9 Å². The topological polar surface area (TPSA) is 136 Å². The van der Waals surface area contributed by atoms with Gasteiger partial charge in [0.25, 0.3) is 0 Å². The summed E-state index contributed by atoms with van der Waals surface area (Å²) in [5, 5.41) is 0. The molecule has 0 aromatic carbocycles. The first-order valence-corrected chi connectivity index (χ1v) is 22.0. The molecule has 13 heteroatoms. The Bertz CT molecular complexity index is 779. The monoisotopic (exact) mass is 819 g/mol. The summed E-state index contributed by atoms with van der Waals surface area (Å²) >= 11 is 0. The van der Waals surface area contributed by atoms with Gasteiger partial charge in [-0.15, -0.1) is 0 Å². The Morgan fingerprint density at radius 1 is 0.246 bits per heavy atom. The molecule has 0 aliphatic heterocycles. The Hall–Kier alpha value is -1.94. The van der Waals surface area contributed by atoms with Crippen molar-refractivity contribution >= 4 is 11.9 Å². The first-order chi connectivity index (χ1) is 28.2. The summed E-state index contributed by atoms with van der Waals surface area (Å²) in [6.07, 6.45) is 21.6. The quantitative estimate of drug-likeness (QED) is 0.0339. The first-order valence-electron chi connectivity index (χ1n) is 22.0. The molecule has 0 fully saturated rings. The number of ether oxygens (including phenoxy) is 11. The average Bonchev–Trinajstić information content (AvgIpc) is 3.22. The lowest BCUT2D eigenvalue weighted by Gasteiger charge is -2.08. The van der Waals surface area contributed by atoms with Crippen LogP contribution in [0.15, 0.2) is 25.3 Å². The van der Waals surface area contributed by atoms with Crippen molar-refractivity contribution in [2.45, 2.75) is 116 Å². The van der Waals surface area contributed by atoms with Crippen molar-refractivity contribution < 1.29 is 61.7 Å². The van der Waals surface area contributed by atoms with Gasteiger partial charge in [-0.3, -0.25) is 0 Å². The molecule has 0 bridgehead atoms. The van der Waals surface area contributed by atoms with Gasteiger partial charge in [0.1, 0.15) is 13.2 Å². The molecular formula is C44H82O13. The van der Waals surface area contributed by atoms with E-state index in [0.717, 1.165) is 194 Å². The number of hydrogen-bond donors (Lipinski definition) is 0. The lowest BCUT2D eigenvalue weighted by Crippen LogP contribution is -2.10. The van der Waals surface area contributed by atoms with Crippen LogP contribution in [0, 0.1) is 0 Å². The molecule has 0 aromatic heterocycles. The molecule has 0 radical (unpaired) electrons. The standard InChI is InChI=1S/C44H82O13/c1-3-43(45)56-41-39-53-33-21-9-18-30-50-28-16-7-14-26-48-24-12-5-11-23-47-25-13-6-15-27-49-29-17-8-19-31-51-35-37-55-38-36-52-32-20-10-22-34-54-40-42-57-44(46)4-2/h3-4H,1-2,5-42H2. The molecule has 57 heavy (non-hydrogen) atoms. The first kappa shape index (κ1) is 55.1. The Labute approximate surface area is 346 Å². The fourth-order valence-electron chi connectivity index (χ4n) is 5.18. The van der Waals surface area contributed by atoms with Crippen LogP contribution in [0.3, 0.4) is 0 Å². The SMILES string of the molecule is C=CC(=O)OCCOCCCCCOCCCCCOCCCCCOCCCCCOCCCCCOCCOCCOCCCCCOCCOC(=O)C=C. The maximum Gasteiger partial charge on any atom is 0.330 e. The molecule has 0 atom stereocenters. The zero-order valence-corrected chi connectivity index (χ0v) is 35.7. The molecule has 0 N–H and O–H groups in total. The van der Waals surface area contributed by atoms with Crippen molar-refractivity contribution in [1.29, 1.82) is 0 Å². The van der Waals surface area contributed by atoms with Gasteiger partial charge in [-0.2, -0.15) is 0 Å². The molecule has 0 aliphatic carbocycles. The maximum absolute atomic E-state index is 10.9. The summed E-state index contributed by atoms with van der Waals surface area (Å²) < 4.78 is 60.4. The van der Waals surface area contributed by atoms with Crippen LogP contribution < -0.4 is 0 Å². The van der Waals surface area contributed by atoms with E-state index in [-0.39, 0.29) is 13.2 Å². The number of hydrogen-bond acceptors (Lipinski definition) is 13. The number of carbonyl (C=O) groups is 2. The highest BCUT2D eigenvalue weighted by molar-refractivity contribution is 5.81. The molecule has 0 saturated heterocycles. The Balaban J connectivity index is 3.08. The fourth-order valence-corrected chi connectivity index (χ4v) is 5.18. The third-order valence-corrected chi connectivity index (χ3v) is 8.49. The van der Waals surface area contributed by atoms with E-state index in [9.17, 15) is 9.59 Å². The molecule has 0 aromatic rings. The number of esters is 2. The van der Waals surface area contributed by atoms with Crippen molar-refractivity contribution in [2.24, 2.45) is 0 Å². The van der Waals surface area contributed by atoms with E-state index in [0.29, 0.717) is 52.9 Å². The van der Waals surface area contributed by atoms with Gasteiger partial charge in [-0.1, -0.05) is 13.2 Å². The molecule has 0 heterocycles. The van der Waals surface area contributed by atoms with Crippen molar-refractivity contribution in [3.8, 4) is 0 Å². The second-order valence-electron chi connectivity index (χ2n) is 13.6. The Morgan fingerprint density at radius 2 is 0.404 bits per heavy atom. The molecule has 0 aliphatic rings. The highest BCUT2D eigenvalue weighted by Gasteiger charge is 2.00. The molecule has 0 unspecified atom stereocenters. The van der Waals surface area contributed by atoms with E-state index in [1.807, 2.05) is 0 Å². The molecule has 13 nitrogen and oxygen atoms in total. The maximum atomic E-state index is 10.9. The molecular weight excluding hydrogens is 736 g/mol. The van der Waals surface area contributed by atoms with Crippen molar-refractivity contribution in [3.63, 3.8) is 0 Å². The summed E-state index contributed by atoms with van der Waals surface area (Å²) in [5.74, 6) is -0.833. The number of carbonyl (C=O) groups excluding carboxylic acids is 2. The lowest BCUT2D eigenvalue weighted by atomic mass is 10.2. The van der Waals surface area contributed by atoms with E-state index in [2.05, 4.69) is 13.2 Å². The zero-order chi connectivity index (χ0) is 41.2. The molecule has 0 saturated carbocycles. The second-order valence-corrected chi connectivity index (χ2v) is 13.6. The normalized spacial score (nSPS) is 11.2. The number of rotatable bonds is 50. The summed E-state index contributed by atoms with van der Waals surface area (Å²) in [5.41, 5.74) is 0. The van der Waals surface area contributed by atoms with Crippen LogP contribution in [-0.4, -0.2) is 144 Å². The minimum absolute atomic E-state index is 0.261. The Morgan fingerprint density at radius 3 is 0.596 bits per heavy atom. The molecule has 336 valence electrons. The van der Waals surface area contributed by atoms with Crippen molar-refractivity contribution in [2.75, 3.05) is 132 Å². The van der Waals surface area contributed by atoms with Gasteiger partial charge in [-0.05, 0) is 116 Å². The lowest BCUT2D eigenvalue weighted by molar-refractivity contribution is -0.140.